The molecule has 79 heavy (non-hydrogen) atoms. The van der Waals surface area contributed by atoms with Crippen LogP contribution in [0, 0.1) is 20.5 Å². The van der Waals surface area contributed by atoms with Crippen molar-refractivity contribution in [3.63, 3.8) is 0 Å². The Morgan fingerprint density at radius 2 is 0.367 bits per heavy atom. The molecule has 0 atom stereocenters. The van der Waals surface area contributed by atoms with Gasteiger partial charge in [-0.2, -0.15) is 0 Å². The first-order chi connectivity index (χ1) is 35.4. The summed E-state index contributed by atoms with van der Waals surface area (Å²) in [6.07, 6.45) is 25.7. The van der Waals surface area contributed by atoms with E-state index in [9.17, 15) is 19.2 Å². The van der Waals surface area contributed by atoms with Crippen molar-refractivity contribution < 1.29 is 118 Å². The Labute approximate surface area is 464 Å². The number of nitrogens with zero attached hydrogens (tertiary/aromatic N) is 8. The van der Waals surface area contributed by atoms with Gasteiger partial charge in [0.2, 0.25) is 0 Å². The van der Waals surface area contributed by atoms with Crippen LogP contribution in [0.3, 0.4) is 0 Å². The van der Waals surface area contributed by atoms with Crippen molar-refractivity contribution in [1.29, 1.82) is 0 Å². The SMILES string of the molecule is O=C(Nc1cccnc1)Nc1cccnc1.O=C(Nc1cccnc1)Nc1cccnc1.O=C(Nc1cccnc1)Nc1cccnc1.O=C(Nc1cccnc1)Nc1cccnc1.[O-][Cl+3]([O-])([O-])[O-].[O-][Cl+3]([O-])([O-])[O-].[OH3+].[OH3+].[OH3+].[OH3+].[Zn+2]. The number of hydrogen-bond donors (Lipinski definition) is 8. The molecule has 35 heteroatoms. The van der Waals surface area contributed by atoms with E-state index < -0.39 is 20.5 Å². The maximum atomic E-state index is 11.5. The van der Waals surface area contributed by atoms with Crippen LogP contribution < -0.4 is 79.8 Å². The molecule has 0 aromatic carbocycles. The zero-order valence-electron chi connectivity index (χ0n) is 40.7. The van der Waals surface area contributed by atoms with Crippen molar-refractivity contribution in [2.75, 3.05) is 42.5 Å². The van der Waals surface area contributed by atoms with E-state index in [1.165, 1.54) is 0 Å². The van der Waals surface area contributed by atoms with Crippen LogP contribution >= 0.6 is 0 Å². The topological polar surface area (TPSA) is 584 Å². The van der Waals surface area contributed by atoms with E-state index in [2.05, 4.69) is 82.4 Å². The monoisotopic (exact) mass is 1190 g/mol. The number of carbonyl (C=O) groups excluding carboxylic acids is 4. The van der Waals surface area contributed by atoms with Gasteiger partial charge in [0.1, 0.15) is 0 Å². The summed E-state index contributed by atoms with van der Waals surface area (Å²) in [5.41, 5.74) is 5.14. The van der Waals surface area contributed by atoms with Gasteiger partial charge in [-0.3, -0.25) is 39.9 Å². The van der Waals surface area contributed by atoms with Crippen LogP contribution in [0.4, 0.5) is 64.7 Å². The van der Waals surface area contributed by atoms with Gasteiger partial charge in [0.15, 0.2) is 0 Å². The fourth-order valence-electron chi connectivity index (χ4n) is 4.67. The number of pyridine rings is 8. The molecule has 8 amide bonds. The maximum Gasteiger partial charge on any atom is 2.00 e. The zero-order valence-corrected chi connectivity index (χ0v) is 45.2. The van der Waals surface area contributed by atoms with E-state index in [1.807, 2.05) is 0 Å². The van der Waals surface area contributed by atoms with E-state index in [0.717, 1.165) is 0 Å². The molecule has 0 aliphatic carbocycles. The predicted octanol–water partition coefficient (Wildman–Crippen LogP) is -4.72. The van der Waals surface area contributed by atoms with Crippen molar-refractivity contribution in [2.45, 2.75) is 0 Å². The van der Waals surface area contributed by atoms with Crippen molar-refractivity contribution in [3.8, 4) is 0 Å². The predicted molar refractivity (Wildman–Crippen MR) is 264 cm³/mol. The normalized spacial score (nSPS) is 9.22. The Kier molecular flexibility index (Phi) is 39.6. The van der Waals surface area contributed by atoms with E-state index in [1.54, 1.807) is 196 Å². The first kappa shape index (κ1) is 74.2. The van der Waals surface area contributed by atoms with Crippen LogP contribution in [0.2, 0.25) is 0 Å². The Hall–Kier alpha value is -9.00. The second kappa shape index (κ2) is 42.2. The summed E-state index contributed by atoms with van der Waals surface area (Å²) < 4.78 is 67.9. The molecule has 8 aromatic rings. The molecule has 0 aliphatic heterocycles. The fraction of sp³-hybridized carbons (Fsp3) is 0. The molecule has 8 heterocycles. The van der Waals surface area contributed by atoms with Crippen molar-refractivity contribution >= 4 is 69.6 Å². The number of anilines is 8. The summed E-state index contributed by atoms with van der Waals surface area (Å²) in [6, 6.07) is 26.8. The van der Waals surface area contributed by atoms with Gasteiger partial charge in [0.05, 0.1) is 95.1 Å². The molecular weight excluding hydrogens is 1140 g/mol. The summed E-state index contributed by atoms with van der Waals surface area (Å²) in [5, 5.41) is 21.2. The van der Waals surface area contributed by atoms with Gasteiger partial charge in [0, 0.05) is 49.6 Å². The Morgan fingerprint density at radius 1 is 0.266 bits per heavy atom. The standard InChI is InChI=1S/4C11H10N4O.2ClHO4.4H2O.Zn/c4*16-11(14-9-3-1-5-12-7-9)15-10-4-2-6-13-8-10;2*2-1(3,4)5;;;;;/h4*1-8H,(H2,14,15,16);2*(H,2,3,4,5);4*1H2;/q;;;;;;;;;;+2/p+2. The molecule has 20 N–H and O–H groups in total. The van der Waals surface area contributed by atoms with Crippen molar-refractivity contribution in [3.05, 3.63) is 196 Å². The molecule has 32 nitrogen and oxygen atoms in total. The number of urea groups is 4. The van der Waals surface area contributed by atoms with E-state index in [0.29, 0.717) is 45.5 Å². The minimum Gasteiger partial charge on any atom is -0.457 e. The van der Waals surface area contributed by atoms with E-state index in [-0.39, 0.29) is 65.5 Å². The first-order valence-corrected chi connectivity index (χ1v) is 22.6. The quantitative estimate of drug-likeness (QED) is 0.0523. The van der Waals surface area contributed by atoms with Crippen LogP contribution in [0.15, 0.2) is 196 Å². The van der Waals surface area contributed by atoms with Gasteiger partial charge in [-0.15, -0.1) is 20.5 Å². The maximum absolute atomic E-state index is 11.5. The van der Waals surface area contributed by atoms with Crippen LogP contribution in [0.5, 0.6) is 0 Å². The third kappa shape index (κ3) is 40.9. The van der Waals surface area contributed by atoms with E-state index in [4.69, 9.17) is 37.3 Å². The van der Waals surface area contributed by atoms with Gasteiger partial charge in [-0.25, -0.2) is 56.5 Å². The Morgan fingerprint density at radius 3 is 0.443 bits per heavy atom. The van der Waals surface area contributed by atoms with Gasteiger partial charge in [-0.05, 0) is 97.1 Å². The number of halogens is 2. The number of rotatable bonds is 8. The van der Waals surface area contributed by atoms with Crippen LogP contribution in [0.1, 0.15) is 0 Å². The molecule has 8 aromatic heterocycles. The largest absolute Gasteiger partial charge is 2.00 e. The van der Waals surface area contributed by atoms with Crippen LogP contribution in [-0.4, -0.2) is 64.0 Å². The molecule has 0 unspecified atom stereocenters. The summed E-state index contributed by atoms with van der Waals surface area (Å²) >= 11 is 0. The minimum atomic E-state index is -4.94. The van der Waals surface area contributed by atoms with Gasteiger partial charge < -0.3 is 64.4 Å². The molecule has 0 aliphatic rings. The summed E-state index contributed by atoms with van der Waals surface area (Å²) in [5.74, 6) is 0. The molecule has 0 saturated carbocycles. The smallest absolute Gasteiger partial charge is 0.457 e. The molecule has 0 radical (unpaired) electrons. The third-order valence-corrected chi connectivity index (χ3v) is 7.36. The average Bonchev–Trinajstić information content (AvgIpc) is 3.36. The molecule has 8 rings (SSSR count). The first-order valence-electron chi connectivity index (χ1n) is 20.1. The van der Waals surface area contributed by atoms with Crippen LogP contribution in [0.25, 0.3) is 0 Å². The molecule has 0 bridgehead atoms. The minimum absolute atomic E-state index is 0. The average molecular weight is 1200 g/mol. The Balaban J connectivity index is -0.000000902. The van der Waals surface area contributed by atoms with Gasteiger partial charge in [0.25, 0.3) is 0 Å². The second-order valence-corrected chi connectivity index (χ2v) is 14.5. The molecule has 0 fully saturated rings. The number of aromatic nitrogens is 8. The van der Waals surface area contributed by atoms with E-state index >= 15 is 0 Å². The number of nitrogens with one attached hydrogen (secondary N) is 8. The molecule has 0 saturated heterocycles. The third-order valence-electron chi connectivity index (χ3n) is 7.36. The molecular formula is C44H52Cl2N16O16Zn+4. The van der Waals surface area contributed by atoms with Crippen molar-refractivity contribution in [1.82, 2.24) is 39.9 Å². The van der Waals surface area contributed by atoms with Gasteiger partial charge >= 0.3 is 43.6 Å². The second-order valence-electron chi connectivity index (χ2n) is 13.0. The number of amides is 8. The Bertz CT molecular complexity index is 2250. The summed E-state index contributed by atoms with van der Waals surface area (Å²) in [7, 11) is -9.89. The fourth-order valence-corrected chi connectivity index (χ4v) is 4.67. The molecule has 416 valence electrons. The zero-order chi connectivity index (χ0) is 53.9. The van der Waals surface area contributed by atoms with Crippen LogP contribution in [-0.2, 0) is 41.4 Å². The number of carbonyl (C=O) groups is 4. The number of hydrogen-bond acceptors (Lipinski definition) is 20. The summed E-state index contributed by atoms with van der Waals surface area (Å²) in [6.45, 7) is 0. The van der Waals surface area contributed by atoms with Gasteiger partial charge in [-0.1, -0.05) is 0 Å². The summed E-state index contributed by atoms with van der Waals surface area (Å²) in [4.78, 5) is 77.1. The van der Waals surface area contributed by atoms with Crippen molar-refractivity contribution in [2.24, 2.45) is 0 Å². The molecule has 0 spiro atoms.